The normalized spacial score (nSPS) is 30.6. The zero-order valence-electron chi connectivity index (χ0n) is 15.1. The van der Waals surface area contributed by atoms with Gasteiger partial charge >= 0.3 is 7.75 Å². The summed E-state index contributed by atoms with van der Waals surface area (Å²) in [6.07, 6.45) is -3.88. The number of aliphatic hydroxyl groups excluding tert-OH is 2. The molecule has 2 aliphatic rings. The summed E-state index contributed by atoms with van der Waals surface area (Å²) in [5.74, 6) is -0.149. The molecule has 15 heteroatoms. The first kappa shape index (κ1) is 20.4. The summed E-state index contributed by atoms with van der Waals surface area (Å²) < 4.78 is 30.8. The van der Waals surface area contributed by atoms with Crippen molar-refractivity contribution in [3.05, 3.63) is 16.7 Å². The number of anilines is 1. The molecule has 160 valence electrons. The van der Waals surface area contributed by atoms with Gasteiger partial charge in [-0.25, -0.2) is 14.2 Å². The molecule has 0 saturated carbocycles. The fourth-order valence-corrected chi connectivity index (χ4v) is 4.46. The summed E-state index contributed by atoms with van der Waals surface area (Å²) in [6.45, 7) is 0.634. The smallest absolute Gasteiger partial charge is 0.387 e. The first-order valence-corrected chi connectivity index (χ1v) is 10.4. The monoisotopic (exact) mass is 432 g/mol. The highest BCUT2D eigenvalue weighted by atomic mass is 31.2. The Morgan fingerprint density at radius 3 is 2.79 bits per heavy atom. The molecule has 2 saturated heterocycles. The van der Waals surface area contributed by atoms with E-state index in [0.717, 1.165) is 0 Å². The van der Waals surface area contributed by atoms with Gasteiger partial charge in [0, 0.05) is 13.1 Å². The molecule has 4 heterocycles. The molecule has 3 unspecified atom stereocenters. The molecule has 0 aromatic carbocycles. The van der Waals surface area contributed by atoms with Gasteiger partial charge in [-0.05, 0) is 0 Å². The molecule has 2 aromatic rings. The van der Waals surface area contributed by atoms with E-state index >= 15 is 0 Å². The summed E-state index contributed by atoms with van der Waals surface area (Å²) in [5, 5.41) is 20.7. The van der Waals surface area contributed by atoms with Crippen LogP contribution in [0, 0.1) is 0 Å². The maximum Gasteiger partial charge on any atom is 0.405 e. The Morgan fingerprint density at radius 2 is 2.07 bits per heavy atom. The summed E-state index contributed by atoms with van der Waals surface area (Å²) in [5.41, 5.74) is 5.03. The third-order valence-corrected chi connectivity index (χ3v) is 6.41. The largest absolute Gasteiger partial charge is 0.405 e. The number of nitrogens with two attached hydrogens (primary N) is 1. The van der Waals surface area contributed by atoms with Crippen LogP contribution in [0.15, 0.2) is 11.1 Å². The van der Waals surface area contributed by atoms with Crippen LogP contribution in [-0.2, 0) is 18.6 Å². The number of aromatic nitrogens is 4. The molecule has 6 N–H and O–H groups in total. The molecule has 0 aliphatic carbocycles. The van der Waals surface area contributed by atoms with Crippen LogP contribution in [0.5, 0.6) is 0 Å². The molecule has 5 atom stereocenters. The molecular weight excluding hydrogens is 411 g/mol. The Bertz CT molecular complexity index is 990. The predicted molar refractivity (Wildman–Crippen MR) is 96.7 cm³/mol. The van der Waals surface area contributed by atoms with E-state index < -0.39 is 44.5 Å². The predicted octanol–water partition coefficient (Wildman–Crippen LogP) is -2.23. The summed E-state index contributed by atoms with van der Waals surface area (Å²) >= 11 is 0. The van der Waals surface area contributed by atoms with Crippen LogP contribution in [-0.4, -0.2) is 90.5 Å². The third kappa shape index (κ3) is 3.81. The molecule has 4 rings (SSSR count). The van der Waals surface area contributed by atoms with Gasteiger partial charge in [-0.2, -0.15) is 4.98 Å². The van der Waals surface area contributed by atoms with E-state index in [1.54, 1.807) is 0 Å². The lowest BCUT2D eigenvalue weighted by atomic mass is 10.1. The molecule has 14 nitrogen and oxygen atoms in total. The Morgan fingerprint density at radius 1 is 1.34 bits per heavy atom. The zero-order valence-corrected chi connectivity index (χ0v) is 16.0. The lowest BCUT2D eigenvalue weighted by Crippen LogP contribution is -2.36. The number of nitrogens with one attached hydrogen (secondary N) is 1. The van der Waals surface area contributed by atoms with Crippen molar-refractivity contribution in [3.8, 4) is 0 Å². The van der Waals surface area contributed by atoms with Crippen molar-refractivity contribution >= 4 is 24.9 Å². The van der Waals surface area contributed by atoms with Crippen molar-refractivity contribution in [3.63, 3.8) is 0 Å². The summed E-state index contributed by atoms with van der Waals surface area (Å²) in [4.78, 5) is 32.3. The lowest BCUT2D eigenvalue weighted by Gasteiger charge is -2.30. The van der Waals surface area contributed by atoms with Gasteiger partial charge in [-0.3, -0.25) is 18.9 Å². The summed E-state index contributed by atoms with van der Waals surface area (Å²) in [6, 6.07) is 0. The quantitative estimate of drug-likeness (QED) is 0.319. The van der Waals surface area contributed by atoms with Crippen LogP contribution in [0.2, 0.25) is 0 Å². The first-order chi connectivity index (χ1) is 13.8. The molecule has 2 aliphatic heterocycles. The van der Waals surface area contributed by atoms with Crippen molar-refractivity contribution < 1.29 is 33.7 Å². The highest BCUT2D eigenvalue weighted by Gasteiger charge is 2.45. The Kier molecular flexibility index (Phi) is 5.44. The maximum absolute atomic E-state index is 12.4. The van der Waals surface area contributed by atoms with Crippen LogP contribution in [0.1, 0.15) is 6.23 Å². The molecule has 29 heavy (non-hydrogen) atoms. The van der Waals surface area contributed by atoms with E-state index in [1.165, 1.54) is 15.6 Å². The average molecular weight is 432 g/mol. The number of hydrogen-bond donors (Lipinski definition) is 5. The second-order valence-corrected chi connectivity index (χ2v) is 8.48. The van der Waals surface area contributed by atoms with Gasteiger partial charge in [-0.15, -0.1) is 0 Å². The van der Waals surface area contributed by atoms with Gasteiger partial charge in [-0.1, -0.05) is 0 Å². The van der Waals surface area contributed by atoms with Gasteiger partial charge in [0.25, 0.3) is 5.56 Å². The average Bonchev–Trinajstić information content (AvgIpc) is 3.23. The molecule has 0 amide bonds. The molecule has 0 bridgehead atoms. The number of rotatable bonds is 5. The van der Waals surface area contributed by atoms with Gasteiger partial charge in [0.1, 0.15) is 18.3 Å². The van der Waals surface area contributed by atoms with Crippen molar-refractivity contribution in [2.24, 2.45) is 0 Å². The minimum atomic E-state index is -4.11. The van der Waals surface area contributed by atoms with E-state index in [-0.39, 0.29) is 30.2 Å². The Balaban J connectivity index is 1.50. The van der Waals surface area contributed by atoms with Crippen molar-refractivity contribution in [1.82, 2.24) is 24.2 Å². The van der Waals surface area contributed by atoms with Crippen molar-refractivity contribution in [1.29, 1.82) is 0 Å². The van der Waals surface area contributed by atoms with E-state index in [4.69, 9.17) is 19.7 Å². The minimum Gasteiger partial charge on any atom is -0.387 e. The van der Waals surface area contributed by atoms with Crippen LogP contribution in [0.4, 0.5) is 5.95 Å². The Labute approximate surface area is 163 Å². The molecule has 0 spiro atoms. The van der Waals surface area contributed by atoms with Gasteiger partial charge in [0.2, 0.25) is 5.95 Å². The topological polar surface area (TPSA) is 198 Å². The standard InChI is InChI=1S/C14H21N6O8P/c15-14-17-11-8(12(23)18-14)16-6-20(11)13-10(22)9(21)7(28-13)5-27-29(24,25)19-1-3-26-4-2-19/h6-7,9-10,13,21-22H,1-5H2,(H,24,25)(H3,15,17,18,23)/t7-,9?,10?,13-/m1/s1. The van der Waals surface area contributed by atoms with Crippen molar-refractivity contribution in [2.75, 3.05) is 38.6 Å². The maximum atomic E-state index is 12.4. The number of imidazole rings is 1. The number of hydrogen-bond acceptors (Lipinski definition) is 10. The van der Waals surface area contributed by atoms with E-state index in [9.17, 15) is 24.5 Å². The highest BCUT2D eigenvalue weighted by molar-refractivity contribution is 7.50. The molecular formula is C14H21N6O8P. The van der Waals surface area contributed by atoms with Gasteiger partial charge < -0.3 is 30.3 Å². The van der Waals surface area contributed by atoms with Crippen LogP contribution >= 0.6 is 7.75 Å². The van der Waals surface area contributed by atoms with Crippen LogP contribution in [0.25, 0.3) is 11.2 Å². The number of nitrogen functional groups attached to an aromatic ring is 1. The van der Waals surface area contributed by atoms with E-state index in [0.29, 0.717) is 13.2 Å². The number of morpholine rings is 1. The van der Waals surface area contributed by atoms with Crippen molar-refractivity contribution in [2.45, 2.75) is 24.5 Å². The fourth-order valence-electron chi connectivity index (χ4n) is 3.28. The van der Waals surface area contributed by atoms with Gasteiger partial charge in [0.05, 0.1) is 26.1 Å². The fraction of sp³-hybridized carbons (Fsp3) is 0.643. The third-order valence-electron chi connectivity index (χ3n) is 4.81. The molecule has 2 aromatic heterocycles. The number of fused-ring (bicyclic) bond motifs is 1. The van der Waals surface area contributed by atoms with Gasteiger partial charge in [0.15, 0.2) is 17.4 Å². The zero-order chi connectivity index (χ0) is 20.8. The summed E-state index contributed by atoms with van der Waals surface area (Å²) in [7, 11) is -4.11. The molecule has 0 radical (unpaired) electrons. The number of nitrogens with zero attached hydrogens (tertiary/aromatic N) is 4. The second-order valence-electron chi connectivity index (χ2n) is 6.67. The Hall–Kier alpha value is -1.90. The second kappa shape index (κ2) is 7.74. The van der Waals surface area contributed by atoms with E-state index in [1.807, 2.05) is 0 Å². The van der Waals surface area contributed by atoms with Crippen LogP contribution in [0.3, 0.4) is 0 Å². The molecule has 2 fully saturated rings. The number of H-pyrrole nitrogens is 1. The van der Waals surface area contributed by atoms with Crippen LogP contribution < -0.4 is 11.3 Å². The highest BCUT2D eigenvalue weighted by Crippen LogP contribution is 2.47. The van der Waals surface area contributed by atoms with E-state index in [2.05, 4.69) is 15.0 Å². The SMILES string of the molecule is Nc1nc2c(ncn2[C@@H]2O[C@H](COP(=O)(O)N3CCOCC3)C(O)C2O)c(=O)[nH]1. The number of aliphatic hydroxyl groups is 2. The number of ether oxygens (including phenoxy) is 2. The number of aromatic amines is 1. The minimum absolute atomic E-state index is 0.0173. The first-order valence-electron chi connectivity index (χ1n) is 8.82. The lowest BCUT2D eigenvalue weighted by molar-refractivity contribution is -0.0507.